The number of hydrogen-bond acceptors (Lipinski definition) is 3. The fraction of sp³-hybridized carbons (Fsp3) is 0.778. The topological polar surface area (TPSA) is 50.9 Å². The van der Waals surface area contributed by atoms with Crippen LogP contribution in [0, 0.1) is 0 Å². The first-order valence-corrected chi connectivity index (χ1v) is 5.34. The van der Waals surface area contributed by atoms with E-state index in [2.05, 4.69) is 10.2 Å². The van der Waals surface area contributed by atoms with Crippen LogP contribution in [-0.4, -0.2) is 32.2 Å². The average molecular weight is 289 g/mol. The Balaban J connectivity index is 2.51. The van der Waals surface area contributed by atoms with Gasteiger partial charge in [-0.05, 0) is 12.8 Å². The number of aliphatic hydroxyl groups excluding tert-OH is 1. The molecule has 0 atom stereocenters. The summed E-state index contributed by atoms with van der Waals surface area (Å²) in [5.74, 6) is -5.17. The summed E-state index contributed by atoms with van der Waals surface area (Å²) in [6.45, 7) is -0.758. The van der Waals surface area contributed by atoms with Crippen molar-refractivity contribution in [3.8, 4) is 0 Å². The first-order valence-electron chi connectivity index (χ1n) is 5.34. The van der Waals surface area contributed by atoms with E-state index in [4.69, 9.17) is 5.11 Å². The summed E-state index contributed by atoms with van der Waals surface area (Å²) in [5, 5.41) is 15.1. The molecular weight excluding hydrogens is 280 g/mol. The molecule has 10 heteroatoms. The van der Waals surface area contributed by atoms with Crippen LogP contribution < -0.4 is 0 Å². The average Bonchev–Trinajstić information content (AvgIpc) is 2.97. The minimum Gasteiger partial charge on any atom is -0.388 e. The van der Waals surface area contributed by atoms with Gasteiger partial charge in [-0.25, -0.2) is 0 Å². The molecule has 0 spiro atoms. The molecule has 1 aromatic heterocycles. The summed E-state index contributed by atoms with van der Waals surface area (Å²) in [6, 6.07) is -0.501. The van der Waals surface area contributed by atoms with E-state index in [9.17, 15) is 26.3 Å². The molecule has 1 saturated carbocycles. The summed E-state index contributed by atoms with van der Waals surface area (Å²) < 4.78 is 76.4. The fourth-order valence-corrected chi connectivity index (χ4v) is 1.85. The van der Waals surface area contributed by atoms with Gasteiger partial charge in [-0.2, -0.15) is 26.3 Å². The summed E-state index contributed by atoms with van der Waals surface area (Å²) in [7, 11) is 0. The van der Waals surface area contributed by atoms with Crippen molar-refractivity contribution in [1.29, 1.82) is 0 Å². The summed E-state index contributed by atoms with van der Waals surface area (Å²) in [6.07, 6.45) is -10.1. The zero-order valence-electron chi connectivity index (χ0n) is 9.33. The molecule has 19 heavy (non-hydrogen) atoms. The molecule has 2 rings (SSSR count). The van der Waals surface area contributed by atoms with Gasteiger partial charge in [0.1, 0.15) is 6.61 Å². The largest absolute Gasteiger partial charge is 0.407 e. The van der Waals surface area contributed by atoms with Crippen molar-refractivity contribution in [2.45, 2.75) is 43.8 Å². The second-order valence-corrected chi connectivity index (χ2v) is 4.25. The van der Waals surface area contributed by atoms with Crippen LogP contribution in [0.1, 0.15) is 36.5 Å². The van der Waals surface area contributed by atoms with Crippen molar-refractivity contribution in [2.24, 2.45) is 0 Å². The highest BCUT2D eigenvalue weighted by Crippen LogP contribution is 2.48. The van der Waals surface area contributed by atoms with E-state index < -0.39 is 36.7 Å². The third kappa shape index (κ3) is 2.67. The quantitative estimate of drug-likeness (QED) is 0.869. The summed E-state index contributed by atoms with van der Waals surface area (Å²) in [4.78, 5) is 0. The van der Waals surface area contributed by atoms with Gasteiger partial charge in [-0.1, -0.05) is 0 Å². The van der Waals surface area contributed by atoms with E-state index >= 15 is 0 Å². The fourth-order valence-electron chi connectivity index (χ4n) is 1.85. The van der Waals surface area contributed by atoms with Gasteiger partial charge in [0.25, 0.3) is 0 Å². The number of hydrogen-bond donors (Lipinski definition) is 1. The second kappa shape index (κ2) is 4.36. The van der Waals surface area contributed by atoms with Gasteiger partial charge in [0, 0.05) is 6.04 Å². The maximum Gasteiger partial charge on any atom is 0.407 e. The maximum absolute atomic E-state index is 12.6. The van der Waals surface area contributed by atoms with Crippen LogP contribution in [0.5, 0.6) is 0 Å². The first-order chi connectivity index (χ1) is 8.66. The van der Waals surface area contributed by atoms with Crippen molar-refractivity contribution in [1.82, 2.24) is 14.8 Å². The number of aliphatic hydroxyl groups is 1. The smallest absolute Gasteiger partial charge is 0.388 e. The summed E-state index contributed by atoms with van der Waals surface area (Å²) >= 11 is 0. The lowest BCUT2D eigenvalue weighted by molar-refractivity contribution is -0.256. The van der Waals surface area contributed by atoms with Gasteiger partial charge < -0.3 is 9.67 Å². The standard InChI is InChI=1S/C9H9F6N3O/c10-8(11,12)6(9(13,14)15)7-17-16-5(3-19)18(7)4-1-2-4/h4,6,19H,1-3H2. The molecule has 0 bridgehead atoms. The van der Waals surface area contributed by atoms with Gasteiger partial charge in [-0.3, -0.25) is 0 Å². The lowest BCUT2D eigenvalue weighted by atomic mass is 10.1. The van der Waals surface area contributed by atoms with Gasteiger partial charge in [0.05, 0.1) is 0 Å². The van der Waals surface area contributed by atoms with E-state index in [1.165, 1.54) is 0 Å². The van der Waals surface area contributed by atoms with Gasteiger partial charge in [0.15, 0.2) is 11.6 Å². The number of nitrogens with zero attached hydrogens (tertiary/aromatic N) is 3. The molecule has 0 saturated heterocycles. The highest BCUT2D eigenvalue weighted by Gasteiger charge is 2.60. The van der Waals surface area contributed by atoms with E-state index in [0.29, 0.717) is 12.8 Å². The zero-order valence-corrected chi connectivity index (χ0v) is 9.33. The lowest BCUT2D eigenvalue weighted by Crippen LogP contribution is -2.36. The van der Waals surface area contributed by atoms with Crippen LogP contribution in [0.25, 0.3) is 0 Å². The summed E-state index contributed by atoms with van der Waals surface area (Å²) in [5.41, 5.74) is 0. The van der Waals surface area contributed by atoms with Gasteiger partial charge in [-0.15, -0.1) is 10.2 Å². The highest BCUT2D eigenvalue weighted by molar-refractivity contribution is 5.11. The number of rotatable bonds is 3. The van der Waals surface area contributed by atoms with Crippen molar-refractivity contribution < 1.29 is 31.4 Å². The molecule has 1 fully saturated rings. The monoisotopic (exact) mass is 289 g/mol. The lowest BCUT2D eigenvalue weighted by Gasteiger charge is -2.23. The Kier molecular flexibility index (Phi) is 3.23. The third-order valence-corrected chi connectivity index (χ3v) is 2.76. The zero-order chi connectivity index (χ0) is 14.4. The van der Waals surface area contributed by atoms with Crippen molar-refractivity contribution in [3.05, 3.63) is 11.6 Å². The predicted octanol–water partition coefficient (Wildman–Crippen LogP) is 2.31. The Morgan fingerprint density at radius 3 is 2.00 bits per heavy atom. The molecule has 1 heterocycles. The molecule has 0 amide bonds. The maximum atomic E-state index is 12.6. The molecule has 1 aromatic rings. The molecule has 1 aliphatic carbocycles. The second-order valence-electron chi connectivity index (χ2n) is 4.25. The Morgan fingerprint density at radius 1 is 1.11 bits per heavy atom. The van der Waals surface area contributed by atoms with Crippen LogP contribution in [-0.2, 0) is 6.61 Å². The van der Waals surface area contributed by atoms with Crippen LogP contribution in [0.2, 0.25) is 0 Å². The minimum atomic E-state index is -5.51. The van der Waals surface area contributed by atoms with Crippen molar-refractivity contribution in [3.63, 3.8) is 0 Å². The van der Waals surface area contributed by atoms with Crippen molar-refractivity contribution in [2.75, 3.05) is 0 Å². The number of alkyl halides is 6. The number of halogens is 6. The molecule has 1 N–H and O–H groups in total. The van der Waals surface area contributed by atoms with Crippen LogP contribution in [0.4, 0.5) is 26.3 Å². The Bertz CT molecular complexity index is 448. The van der Waals surface area contributed by atoms with Gasteiger partial charge >= 0.3 is 12.4 Å². The molecule has 0 radical (unpaired) electrons. The van der Waals surface area contributed by atoms with E-state index in [0.717, 1.165) is 4.57 Å². The number of aromatic nitrogens is 3. The molecule has 4 nitrogen and oxygen atoms in total. The Hall–Kier alpha value is -1.32. The molecule has 0 unspecified atom stereocenters. The third-order valence-electron chi connectivity index (χ3n) is 2.76. The van der Waals surface area contributed by atoms with Gasteiger partial charge in [0.2, 0.25) is 5.92 Å². The Labute approximate surface area is 103 Å². The Morgan fingerprint density at radius 2 is 1.63 bits per heavy atom. The first kappa shape index (κ1) is 14.1. The van der Waals surface area contributed by atoms with Crippen LogP contribution >= 0.6 is 0 Å². The molecule has 0 aromatic carbocycles. The molecule has 0 aliphatic heterocycles. The van der Waals surface area contributed by atoms with Crippen LogP contribution in [0.3, 0.4) is 0 Å². The molecule has 108 valence electrons. The predicted molar refractivity (Wildman–Crippen MR) is 49.1 cm³/mol. The normalized spacial score (nSPS) is 17.3. The van der Waals surface area contributed by atoms with Crippen LogP contribution in [0.15, 0.2) is 0 Å². The van der Waals surface area contributed by atoms with E-state index in [1.807, 2.05) is 0 Å². The van der Waals surface area contributed by atoms with E-state index in [-0.39, 0.29) is 5.82 Å². The minimum absolute atomic E-state index is 0.281. The SMILES string of the molecule is OCc1nnc(C(C(F)(F)F)C(F)(F)F)n1C1CC1. The van der Waals surface area contributed by atoms with E-state index in [1.54, 1.807) is 0 Å². The van der Waals surface area contributed by atoms with Crippen molar-refractivity contribution >= 4 is 0 Å². The highest BCUT2D eigenvalue weighted by atomic mass is 19.4. The molecule has 1 aliphatic rings. The molecular formula is C9H9F6N3O.